The molecule has 4 nitrogen and oxygen atoms in total. The number of amides is 1. The van der Waals surface area contributed by atoms with Gasteiger partial charge in [0.1, 0.15) is 0 Å². The molecule has 3 aromatic rings. The van der Waals surface area contributed by atoms with Gasteiger partial charge in [-0.25, -0.2) is 4.99 Å². The Morgan fingerprint density at radius 2 is 1.78 bits per heavy atom. The maximum atomic E-state index is 12.5. The number of aromatic nitrogens is 1. The number of aryl methyl sites for hydroxylation is 1. The van der Waals surface area contributed by atoms with Crippen molar-refractivity contribution in [2.24, 2.45) is 12.0 Å². The summed E-state index contributed by atoms with van der Waals surface area (Å²) in [6.45, 7) is 0. The molecule has 0 bridgehead atoms. The topological polar surface area (TPSA) is 54.6 Å². The van der Waals surface area contributed by atoms with Crippen LogP contribution in [-0.2, 0) is 11.8 Å². The highest BCUT2D eigenvalue weighted by Crippen LogP contribution is 2.36. The molecular weight excluding hydrogens is 424 g/mol. The number of halogens is 2. The fraction of sp³-hybridized carbons (Fsp3) is 0.0588. The van der Waals surface area contributed by atoms with E-state index in [-0.39, 0.29) is 11.8 Å². The normalized spacial score (nSPS) is 13.5. The van der Waals surface area contributed by atoms with E-state index in [2.05, 4.69) is 36.9 Å². The summed E-state index contributed by atoms with van der Waals surface area (Å²) in [4.78, 5) is 16.6. The van der Waals surface area contributed by atoms with Crippen LogP contribution in [0.3, 0.4) is 0 Å². The quantitative estimate of drug-likeness (QED) is 0.641. The fourth-order valence-corrected chi connectivity index (χ4v) is 3.67. The highest BCUT2D eigenvalue weighted by atomic mass is 79.9. The van der Waals surface area contributed by atoms with Crippen molar-refractivity contribution in [3.63, 3.8) is 0 Å². The van der Waals surface area contributed by atoms with E-state index >= 15 is 0 Å². The van der Waals surface area contributed by atoms with Gasteiger partial charge >= 0.3 is 0 Å². The van der Waals surface area contributed by atoms with E-state index in [1.807, 2.05) is 30.3 Å². The van der Waals surface area contributed by atoms with Crippen LogP contribution in [0.15, 0.2) is 50.3 Å². The zero-order valence-electron chi connectivity index (χ0n) is 12.0. The van der Waals surface area contributed by atoms with Crippen molar-refractivity contribution < 1.29 is 9.90 Å². The lowest BCUT2D eigenvalue weighted by Crippen LogP contribution is -2.22. The molecule has 4 rings (SSSR count). The van der Waals surface area contributed by atoms with Crippen LogP contribution in [0.5, 0.6) is 5.88 Å². The van der Waals surface area contributed by atoms with E-state index in [9.17, 15) is 9.90 Å². The van der Waals surface area contributed by atoms with Crippen molar-refractivity contribution in [1.29, 1.82) is 0 Å². The molecule has 0 aliphatic carbocycles. The number of carbonyl (C=O) groups excluding carboxylic acids is 1. The third kappa shape index (κ3) is 2.09. The van der Waals surface area contributed by atoms with Gasteiger partial charge in [-0.3, -0.25) is 4.79 Å². The van der Waals surface area contributed by atoms with Gasteiger partial charge in [-0.15, -0.1) is 0 Å². The number of rotatable bonds is 1. The molecule has 0 saturated heterocycles. The molecular formula is C17H10Br2N2O2. The van der Waals surface area contributed by atoms with E-state index in [4.69, 9.17) is 0 Å². The van der Waals surface area contributed by atoms with Crippen LogP contribution < -0.4 is 10.6 Å². The summed E-state index contributed by atoms with van der Waals surface area (Å²) in [5.41, 5.74) is 1.82. The first-order valence-electron chi connectivity index (χ1n) is 6.87. The summed E-state index contributed by atoms with van der Waals surface area (Å²) in [6.07, 6.45) is 0. The van der Waals surface area contributed by atoms with Gasteiger partial charge in [0, 0.05) is 26.6 Å². The third-order valence-electron chi connectivity index (χ3n) is 4.05. The molecule has 0 spiro atoms. The average molecular weight is 434 g/mol. The Balaban J connectivity index is 2.18. The first-order chi connectivity index (χ1) is 11.0. The summed E-state index contributed by atoms with van der Waals surface area (Å²) in [7, 11) is 1.77. The zero-order chi connectivity index (χ0) is 16.3. The van der Waals surface area contributed by atoms with Gasteiger partial charge in [-0.1, -0.05) is 44.0 Å². The number of hydrogen-bond donors (Lipinski definition) is 1. The van der Waals surface area contributed by atoms with Crippen LogP contribution in [0.2, 0.25) is 0 Å². The Morgan fingerprint density at radius 1 is 1.09 bits per heavy atom. The molecule has 0 atom stereocenters. The first-order valence-corrected chi connectivity index (χ1v) is 8.46. The molecule has 0 radical (unpaired) electrons. The molecule has 114 valence electrons. The number of fused-ring (bicyclic) bond motifs is 2. The van der Waals surface area contributed by atoms with E-state index in [1.165, 1.54) is 0 Å². The van der Waals surface area contributed by atoms with Crippen molar-refractivity contribution in [2.75, 3.05) is 0 Å². The molecule has 0 saturated carbocycles. The van der Waals surface area contributed by atoms with E-state index < -0.39 is 0 Å². The van der Waals surface area contributed by atoms with E-state index in [0.29, 0.717) is 16.5 Å². The lowest BCUT2D eigenvalue weighted by atomic mass is 10.0. The molecule has 1 amide bonds. The van der Waals surface area contributed by atoms with Gasteiger partial charge in [-0.05, 0) is 24.3 Å². The van der Waals surface area contributed by atoms with E-state index in [0.717, 1.165) is 25.1 Å². The van der Waals surface area contributed by atoms with Gasteiger partial charge in [-0.2, -0.15) is 0 Å². The molecule has 1 N–H and O–H groups in total. The minimum atomic E-state index is -0.330. The summed E-state index contributed by atoms with van der Waals surface area (Å²) < 4.78 is 3.45. The number of aromatic hydroxyl groups is 1. The van der Waals surface area contributed by atoms with Crippen LogP contribution in [0.25, 0.3) is 16.5 Å². The van der Waals surface area contributed by atoms with Gasteiger partial charge < -0.3 is 9.67 Å². The van der Waals surface area contributed by atoms with Crippen molar-refractivity contribution in [3.8, 4) is 5.88 Å². The molecule has 6 heteroatoms. The smallest absolute Gasteiger partial charge is 0.279 e. The molecule has 0 unspecified atom stereocenters. The Labute approximate surface area is 148 Å². The summed E-state index contributed by atoms with van der Waals surface area (Å²) in [5, 5.41) is 12.8. The van der Waals surface area contributed by atoms with Crippen molar-refractivity contribution in [1.82, 2.24) is 4.57 Å². The second-order valence-corrected chi connectivity index (χ2v) is 7.20. The minimum absolute atomic E-state index is 0.0624. The zero-order valence-corrected chi connectivity index (χ0v) is 15.1. The highest BCUT2D eigenvalue weighted by molar-refractivity contribution is 9.10. The van der Waals surface area contributed by atoms with Crippen LogP contribution in [0, 0.1) is 0 Å². The highest BCUT2D eigenvalue weighted by Gasteiger charge is 2.26. The Hall–Kier alpha value is -1.92. The third-order valence-corrected chi connectivity index (χ3v) is 5.03. The summed E-state index contributed by atoms with van der Waals surface area (Å²) in [5.74, 6) is -0.267. The molecule has 2 aromatic carbocycles. The maximum Gasteiger partial charge on any atom is 0.279 e. The number of benzene rings is 2. The maximum absolute atomic E-state index is 12.5. The predicted octanol–water partition coefficient (Wildman–Crippen LogP) is 2.77. The Bertz CT molecular complexity index is 1130. The van der Waals surface area contributed by atoms with Gasteiger partial charge in [0.2, 0.25) is 0 Å². The van der Waals surface area contributed by atoms with Crippen molar-refractivity contribution >= 4 is 54.2 Å². The van der Waals surface area contributed by atoms with Gasteiger partial charge in [0.15, 0.2) is 5.88 Å². The molecule has 2 heterocycles. The van der Waals surface area contributed by atoms with Crippen LogP contribution in [0.1, 0.15) is 5.56 Å². The molecule has 1 aliphatic rings. The minimum Gasteiger partial charge on any atom is -0.494 e. The SMILES string of the molecule is Cn1c(O)c(C2=c3ccc(Br)cc3=NC2=O)c2ccc(Br)cc21. The molecule has 23 heavy (non-hydrogen) atoms. The van der Waals surface area contributed by atoms with Gasteiger partial charge in [0.25, 0.3) is 5.91 Å². The van der Waals surface area contributed by atoms with E-state index in [1.54, 1.807) is 17.7 Å². The summed E-state index contributed by atoms with van der Waals surface area (Å²) in [6, 6.07) is 11.2. The Morgan fingerprint density at radius 3 is 2.57 bits per heavy atom. The second-order valence-electron chi connectivity index (χ2n) is 5.37. The molecule has 0 fully saturated rings. The number of nitrogens with zero attached hydrogens (tertiary/aromatic N) is 2. The standard InChI is InChI=1S/C17H10Br2N2O2/c1-21-13-7-9(19)3-5-11(13)15(17(21)23)14-10-4-2-8(18)6-12(10)20-16(14)22/h2-7,23H,1H3. The molecule has 1 aliphatic heterocycles. The van der Waals surface area contributed by atoms with Crippen LogP contribution in [0.4, 0.5) is 0 Å². The lowest BCUT2D eigenvalue weighted by Gasteiger charge is -2.01. The second kappa shape index (κ2) is 5.04. The van der Waals surface area contributed by atoms with Crippen LogP contribution in [-0.4, -0.2) is 15.6 Å². The number of hydrogen-bond acceptors (Lipinski definition) is 2. The first kappa shape index (κ1) is 14.7. The van der Waals surface area contributed by atoms with Crippen molar-refractivity contribution in [3.05, 3.63) is 61.5 Å². The molecule has 1 aromatic heterocycles. The predicted molar refractivity (Wildman–Crippen MR) is 94.7 cm³/mol. The number of carbonyl (C=O) groups is 1. The van der Waals surface area contributed by atoms with Gasteiger partial charge in [0.05, 0.1) is 22.0 Å². The van der Waals surface area contributed by atoms with Crippen LogP contribution >= 0.6 is 31.9 Å². The average Bonchev–Trinajstić information content (AvgIpc) is 2.94. The largest absolute Gasteiger partial charge is 0.494 e. The monoisotopic (exact) mass is 432 g/mol. The van der Waals surface area contributed by atoms with Crippen molar-refractivity contribution in [2.45, 2.75) is 0 Å². The lowest BCUT2D eigenvalue weighted by molar-refractivity contribution is -0.112. The Kier molecular flexibility index (Phi) is 3.21. The summed E-state index contributed by atoms with van der Waals surface area (Å²) >= 11 is 6.83. The fourth-order valence-electron chi connectivity index (χ4n) is 2.97.